The predicted molar refractivity (Wildman–Crippen MR) is 118 cm³/mol. The molecule has 3 aliphatic rings. The molecule has 1 aliphatic carbocycles. The van der Waals surface area contributed by atoms with Gasteiger partial charge in [0.15, 0.2) is 0 Å². The highest BCUT2D eigenvalue weighted by Crippen LogP contribution is 2.36. The van der Waals surface area contributed by atoms with E-state index in [9.17, 15) is 14.7 Å². The van der Waals surface area contributed by atoms with Gasteiger partial charge >= 0.3 is 0 Å². The number of aliphatic hydroxyl groups excluding tert-OH is 1. The molecule has 0 bridgehead atoms. The number of carbonyl (C=O) groups is 2. The molecular weight excluding hydrogens is 394 g/mol. The highest BCUT2D eigenvalue weighted by molar-refractivity contribution is 6.35. The topological polar surface area (TPSA) is 73.3 Å². The van der Waals surface area contributed by atoms with Gasteiger partial charge in [-0.2, -0.15) is 0 Å². The number of hydrogen-bond donors (Lipinski definition) is 1. The number of β-amino-alcohol motifs (C(OH)–C–C–N with tert-alkyl or cyclic N) is 1. The number of carbonyl (C=O) groups excluding carboxylic acids is 2. The van der Waals surface area contributed by atoms with E-state index in [1.54, 1.807) is 4.90 Å². The summed E-state index contributed by atoms with van der Waals surface area (Å²) in [6, 6.07) is 7.50. The molecule has 1 saturated heterocycles. The largest absolute Gasteiger partial charge is 0.494 e. The van der Waals surface area contributed by atoms with Gasteiger partial charge in [0.25, 0.3) is 11.8 Å². The number of imide groups is 1. The summed E-state index contributed by atoms with van der Waals surface area (Å²) in [7, 11) is 0. The summed E-state index contributed by atoms with van der Waals surface area (Å²) in [6.45, 7) is 6.18. The Kier molecular flexibility index (Phi) is 6.92. The zero-order valence-corrected chi connectivity index (χ0v) is 18.4. The third kappa shape index (κ3) is 4.48. The van der Waals surface area contributed by atoms with Gasteiger partial charge in [-0.25, -0.2) is 0 Å². The second-order valence-electron chi connectivity index (χ2n) is 8.51. The SMILES string of the molecule is CCOc1ccc(C2=C(N3CCN(CCO)CC3)C(=O)N(C3CCCCC3)C2=O)cc1. The Balaban J connectivity index is 1.66. The minimum Gasteiger partial charge on any atom is -0.494 e. The van der Waals surface area contributed by atoms with Crippen LogP contribution >= 0.6 is 0 Å². The summed E-state index contributed by atoms with van der Waals surface area (Å²) >= 11 is 0. The number of hydrogen-bond acceptors (Lipinski definition) is 6. The normalized spacial score (nSPS) is 21.4. The highest BCUT2D eigenvalue weighted by atomic mass is 16.5. The number of rotatable bonds is 7. The standard InChI is InChI=1S/C24H33N3O4/c1-2-31-20-10-8-18(9-11-20)21-22(26-14-12-25(13-15-26)16-17-28)24(30)27(23(21)29)19-6-4-3-5-7-19/h8-11,19,28H,2-7,12-17H2,1H3. The maximum atomic E-state index is 13.6. The van der Waals surface area contributed by atoms with Gasteiger partial charge in [-0.05, 0) is 37.5 Å². The van der Waals surface area contributed by atoms with Crippen LogP contribution in [0, 0.1) is 0 Å². The number of amides is 2. The van der Waals surface area contributed by atoms with Gasteiger partial charge in [-0.3, -0.25) is 19.4 Å². The summed E-state index contributed by atoms with van der Waals surface area (Å²) in [5.74, 6) is 0.456. The van der Waals surface area contributed by atoms with Crippen molar-refractivity contribution >= 4 is 17.4 Å². The van der Waals surface area contributed by atoms with Crippen LogP contribution < -0.4 is 4.74 Å². The maximum absolute atomic E-state index is 13.6. The van der Waals surface area contributed by atoms with E-state index in [0.29, 0.717) is 37.5 Å². The first kappa shape index (κ1) is 21.8. The zero-order chi connectivity index (χ0) is 21.8. The van der Waals surface area contributed by atoms with Crippen LogP contribution in [0.1, 0.15) is 44.6 Å². The highest BCUT2D eigenvalue weighted by Gasteiger charge is 2.45. The Hall–Kier alpha value is -2.38. The lowest BCUT2D eigenvalue weighted by molar-refractivity contribution is -0.141. The molecule has 2 fully saturated rings. The van der Waals surface area contributed by atoms with Crippen molar-refractivity contribution in [3.8, 4) is 5.75 Å². The molecule has 7 nitrogen and oxygen atoms in total. The Morgan fingerprint density at radius 1 is 0.968 bits per heavy atom. The van der Waals surface area contributed by atoms with Gasteiger partial charge in [0.05, 0.1) is 18.8 Å². The van der Waals surface area contributed by atoms with Crippen molar-refractivity contribution in [2.24, 2.45) is 0 Å². The molecule has 2 amide bonds. The predicted octanol–water partition coefficient (Wildman–Crippen LogP) is 2.11. The molecule has 1 N–H and O–H groups in total. The molecule has 2 heterocycles. The number of benzene rings is 1. The first-order chi connectivity index (χ1) is 15.1. The van der Waals surface area contributed by atoms with Crippen LogP contribution in [-0.2, 0) is 9.59 Å². The van der Waals surface area contributed by atoms with E-state index in [2.05, 4.69) is 9.80 Å². The molecule has 7 heteroatoms. The molecule has 4 rings (SSSR count). The molecule has 168 valence electrons. The average molecular weight is 428 g/mol. The Morgan fingerprint density at radius 3 is 2.26 bits per heavy atom. The maximum Gasteiger partial charge on any atom is 0.278 e. The molecule has 1 aromatic rings. The van der Waals surface area contributed by atoms with E-state index < -0.39 is 0 Å². The minimum absolute atomic E-state index is 0.000346. The lowest BCUT2D eigenvalue weighted by Gasteiger charge is -2.36. The van der Waals surface area contributed by atoms with E-state index in [1.807, 2.05) is 31.2 Å². The van der Waals surface area contributed by atoms with Crippen LogP contribution in [-0.4, -0.2) is 83.6 Å². The first-order valence-corrected chi connectivity index (χ1v) is 11.6. The van der Waals surface area contributed by atoms with Gasteiger partial charge in [0.2, 0.25) is 0 Å². The lowest BCUT2D eigenvalue weighted by atomic mass is 9.94. The molecule has 0 radical (unpaired) electrons. The Morgan fingerprint density at radius 2 is 1.65 bits per heavy atom. The van der Waals surface area contributed by atoms with Gasteiger partial charge in [-0.15, -0.1) is 0 Å². The van der Waals surface area contributed by atoms with Gasteiger partial charge in [0.1, 0.15) is 11.4 Å². The van der Waals surface area contributed by atoms with Crippen molar-refractivity contribution in [3.05, 3.63) is 35.5 Å². The second kappa shape index (κ2) is 9.83. The van der Waals surface area contributed by atoms with E-state index in [-0.39, 0.29) is 24.5 Å². The van der Waals surface area contributed by atoms with E-state index >= 15 is 0 Å². The monoisotopic (exact) mass is 427 g/mol. The molecule has 1 saturated carbocycles. The van der Waals surface area contributed by atoms with Crippen LogP contribution in [0.15, 0.2) is 30.0 Å². The number of ether oxygens (including phenoxy) is 1. The van der Waals surface area contributed by atoms with Crippen molar-refractivity contribution < 1.29 is 19.4 Å². The molecule has 31 heavy (non-hydrogen) atoms. The van der Waals surface area contributed by atoms with Crippen molar-refractivity contribution in [2.45, 2.75) is 45.1 Å². The molecule has 0 aromatic heterocycles. The number of nitrogens with zero attached hydrogens (tertiary/aromatic N) is 3. The van der Waals surface area contributed by atoms with Crippen molar-refractivity contribution in [1.82, 2.24) is 14.7 Å². The van der Waals surface area contributed by atoms with E-state index in [0.717, 1.165) is 50.1 Å². The summed E-state index contributed by atoms with van der Waals surface area (Å²) in [5, 5.41) is 9.22. The number of aliphatic hydroxyl groups is 1. The molecule has 2 aliphatic heterocycles. The van der Waals surface area contributed by atoms with Crippen LogP contribution in [0.5, 0.6) is 5.75 Å². The van der Waals surface area contributed by atoms with Gasteiger partial charge < -0.3 is 14.7 Å². The van der Waals surface area contributed by atoms with Crippen LogP contribution in [0.25, 0.3) is 5.57 Å². The molecule has 1 aromatic carbocycles. The Bertz CT molecular complexity index is 822. The smallest absolute Gasteiger partial charge is 0.278 e. The van der Waals surface area contributed by atoms with Crippen molar-refractivity contribution in [2.75, 3.05) is 45.9 Å². The third-order valence-corrected chi connectivity index (χ3v) is 6.59. The Labute approximate surface area is 184 Å². The van der Waals surface area contributed by atoms with Crippen LogP contribution in [0.4, 0.5) is 0 Å². The number of piperazine rings is 1. The van der Waals surface area contributed by atoms with Crippen molar-refractivity contribution in [1.29, 1.82) is 0 Å². The van der Waals surface area contributed by atoms with E-state index in [1.165, 1.54) is 6.42 Å². The first-order valence-electron chi connectivity index (χ1n) is 11.6. The fourth-order valence-electron chi connectivity index (χ4n) is 4.98. The van der Waals surface area contributed by atoms with Gasteiger partial charge in [-0.1, -0.05) is 31.4 Å². The van der Waals surface area contributed by atoms with Crippen LogP contribution in [0.2, 0.25) is 0 Å². The third-order valence-electron chi connectivity index (χ3n) is 6.59. The fourth-order valence-corrected chi connectivity index (χ4v) is 4.98. The molecular formula is C24H33N3O4. The van der Waals surface area contributed by atoms with Gasteiger partial charge in [0, 0.05) is 38.8 Å². The molecule has 0 spiro atoms. The van der Waals surface area contributed by atoms with E-state index in [4.69, 9.17) is 4.74 Å². The molecule has 0 atom stereocenters. The zero-order valence-electron chi connectivity index (χ0n) is 18.4. The quantitative estimate of drug-likeness (QED) is 0.672. The van der Waals surface area contributed by atoms with Crippen LogP contribution in [0.3, 0.4) is 0 Å². The summed E-state index contributed by atoms with van der Waals surface area (Å²) in [5.41, 5.74) is 1.84. The molecule has 0 unspecified atom stereocenters. The lowest BCUT2D eigenvalue weighted by Crippen LogP contribution is -2.49. The summed E-state index contributed by atoms with van der Waals surface area (Å²) in [4.78, 5) is 33.0. The second-order valence-corrected chi connectivity index (χ2v) is 8.51. The average Bonchev–Trinajstić information content (AvgIpc) is 3.06. The summed E-state index contributed by atoms with van der Waals surface area (Å²) < 4.78 is 5.55. The summed E-state index contributed by atoms with van der Waals surface area (Å²) in [6.07, 6.45) is 5.09. The van der Waals surface area contributed by atoms with Crippen molar-refractivity contribution in [3.63, 3.8) is 0 Å². The fraction of sp³-hybridized carbons (Fsp3) is 0.583. The minimum atomic E-state index is -0.158.